The first kappa shape index (κ1) is 9.85. The number of aldehydes is 1. The summed E-state index contributed by atoms with van der Waals surface area (Å²) in [6, 6.07) is 1.07. The predicted octanol–water partition coefficient (Wildman–Crippen LogP) is -2.38. The summed E-state index contributed by atoms with van der Waals surface area (Å²) >= 11 is 0. The Morgan fingerprint density at radius 3 is 2.36 bits per heavy atom. The van der Waals surface area contributed by atoms with Gasteiger partial charge < -0.3 is 19.8 Å². The van der Waals surface area contributed by atoms with Crippen LogP contribution < -0.4 is 10.2 Å². The van der Waals surface area contributed by atoms with Crippen LogP contribution in [0, 0.1) is 0 Å². The molecule has 6 nitrogen and oxygen atoms in total. The van der Waals surface area contributed by atoms with E-state index in [2.05, 4.69) is 4.98 Å². The number of pyridine rings is 1. The fourth-order valence-electron chi connectivity index (χ4n) is 0.944. The maximum Gasteiger partial charge on any atom is 0.150 e. The molecule has 6 heteroatoms. The number of hydrogen-bond donors (Lipinski definition) is 0. The second-order valence-electron chi connectivity index (χ2n) is 2.32. The van der Waals surface area contributed by atoms with Crippen LogP contribution in [0.4, 0.5) is 0 Å². The molecule has 0 aliphatic carbocycles. The van der Waals surface area contributed by atoms with E-state index in [1.807, 2.05) is 0 Å². The van der Waals surface area contributed by atoms with E-state index in [4.69, 9.17) is 0 Å². The van der Waals surface area contributed by atoms with Crippen LogP contribution in [0.3, 0.4) is 0 Å². The van der Waals surface area contributed by atoms with E-state index < -0.39 is 23.2 Å². The van der Waals surface area contributed by atoms with Crippen molar-refractivity contribution in [1.82, 2.24) is 4.98 Å². The van der Waals surface area contributed by atoms with Crippen molar-refractivity contribution in [2.75, 3.05) is 0 Å². The van der Waals surface area contributed by atoms with E-state index in [1.54, 1.807) is 0 Å². The van der Waals surface area contributed by atoms with Gasteiger partial charge in [0.25, 0.3) is 0 Å². The van der Waals surface area contributed by atoms with Crippen molar-refractivity contribution in [2.45, 2.75) is 0 Å². The predicted molar refractivity (Wildman–Crippen MR) is 38.3 cm³/mol. The summed E-state index contributed by atoms with van der Waals surface area (Å²) in [5.41, 5.74) is -1.88. The van der Waals surface area contributed by atoms with Crippen LogP contribution >= 0.6 is 0 Å². The van der Waals surface area contributed by atoms with E-state index in [9.17, 15) is 24.6 Å². The second-order valence-corrected chi connectivity index (χ2v) is 2.32. The zero-order chi connectivity index (χ0) is 10.7. The lowest BCUT2D eigenvalue weighted by Gasteiger charge is -2.11. The molecule has 0 aromatic carbocycles. The third-order valence-electron chi connectivity index (χ3n) is 1.51. The lowest BCUT2D eigenvalue weighted by Crippen LogP contribution is -2.32. The number of rotatable bonds is 3. The fraction of sp³-hybridized carbons (Fsp3) is 0. The number of aromatic nitrogens is 1. The van der Waals surface area contributed by atoms with Gasteiger partial charge in [-0.1, -0.05) is 0 Å². The Hall–Kier alpha value is -2.24. The van der Waals surface area contributed by atoms with Gasteiger partial charge in [0, 0.05) is 17.3 Å². The molecule has 0 spiro atoms. The van der Waals surface area contributed by atoms with E-state index in [0.717, 1.165) is 12.3 Å². The second kappa shape index (κ2) is 3.65. The van der Waals surface area contributed by atoms with Gasteiger partial charge >= 0.3 is 0 Å². The molecule has 0 bridgehead atoms. The molecule has 1 rings (SSSR count). The molecule has 0 radical (unpaired) electrons. The van der Waals surface area contributed by atoms with Gasteiger partial charge in [-0.3, -0.25) is 9.78 Å². The Bertz CT molecular complexity index is 412. The maximum atomic E-state index is 10.5. The smallest absolute Gasteiger partial charge is 0.150 e. The third kappa shape index (κ3) is 1.58. The lowest BCUT2D eigenvalue weighted by molar-refractivity contribution is -0.260. The number of carbonyl (C=O) groups is 3. The Morgan fingerprint density at radius 1 is 1.29 bits per heavy atom. The van der Waals surface area contributed by atoms with E-state index in [0.29, 0.717) is 0 Å². The number of carboxylic acid groups (broad SMARTS) is 2. The molecule has 0 aliphatic heterocycles. The van der Waals surface area contributed by atoms with Gasteiger partial charge in [0.05, 0.1) is 17.6 Å². The molecule has 72 valence electrons. The SMILES string of the molecule is O=Cc1ccnc(C(=O)[O-])c1C(=O)[O-]. The Morgan fingerprint density at radius 2 is 1.93 bits per heavy atom. The molecule has 14 heavy (non-hydrogen) atoms. The first-order chi connectivity index (χ1) is 6.57. The molecule has 0 unspecified atom stereocenters. The molecular formula is C8H3NO5-2. The lowest BCUT2D eigenvalue weighted by atomic mass is 10.1. The number of hydrogen-bond acceptors (Lipinski definition) is 6. The zero-order valence-electron chi connectivity index (χ0n) is 6.72. The summed E-state index contributed by atoms with van der Waals surface area (Å²) in [5, 5.41) is 20.9. The highest BCUT2D eigenvalue weighted by atomic mass is 16.4. The Labute approximate surface area is 77.8 Å². The molecule has 0 amide bonds. The van der Waals surface area contributed by atoms with E-state index in [1.165, 1.54) is 0 Å². The number of carbonyl (C=O) groups excluding carboxylic acids is 3. The molecule has 0 atom stereocenters. The van der Waals surface area contributed by atoms with Crippen molar-refractivity contribution in [3.05, 3.63) is 29.1 Å². The summed E-state index contributed by atoms with van der Waals surface area (Å²) in [5.74, 6) is -3.55. The van der Waals surface area contributed by atoms with Gasteiger partial charge in [-0.25, -0.2) is 0 Å². The summed E-state index contributed by atoms with van der Waals surface area (Å²) in [6.07, 6.45) is 1.21. The van der Waals surface area contributed by atoms with Crippen molar-refractivity contribution in [3.63, 3.8) is 0 Å². The van der Waals surface area contributed by atoms with Crippen LogP contribution in [-0.4, -0.2) is 23.2 Å². The van der Waals surface area contributed by atoms with Gasteiger partial charge in [-0.2, -0.15) is 0 Å². The number of aromatic carboxylic acids is 2. The van der Waals surface area contributed by atoms with E-state index in [-0.39, 0.29) is 11.8 Å². The third-order valence-corrected chi connectivity index (χ3v) is 1.51. The average molecular weight is 193 g/mol. The van der Waals surface area contributed by atoms with Crippen LogP contribution in [0.1, 0.15) is 31.2 Å². The minimum Gasteiger partial charge on any atom is -0.545 e. The summed E-state index contributed by atoms with van der Waals surface area (Å²) in [4.78, 5) is 34.6. The van der Waals surface area contributed by atoms with E-state index >= 15 is 0 Å². The first-order valence-corrected chi connectivity index (χ1v) is 3.44. The highest BCUT2D eigenvalue weighted by molar-refractivity contribution is 6.04. The quantitative estimate of drug-likeness (QED) is 0.495. The van der Waals surface area contributed by atoms with Crippen molar-refractivity contribution in [1.29, 1.82) is 0 Å². The molecule has 1 heterocycles. The largest absolute Gasteiger partial charge is 0.545 e. The van der Waals surface area contributed by atoms with Gasteiger partial charge in [-0.05, 0) is 6.07 Å². The van der Waals surface area contributed by atoms with Crippen LogP contribution in [0.5, 0.6) is 0 Å². The summed E-state index contributed by atoms with van der Waals surface area (Å²) in [7, 11) is 0. The topological polar surface area (TPSA) is 110 Å². The highest BCUT2D eigenvalue weighted by Crippen LogP contribution is 2.08. The maximum absolute atomic E-state index is 10.5. The number of carboxylic acids is 2. The zero-order valence-corrected chi connectivity index (χ0v) is 6.72. The molecule has 1 aromatic rings. The molecule has 0 saturated carbocycles. The molecule has 0 saturated heterocycles. The minimum absolute atomic E-state index is 0.208. The van der Waals surface area contributed by atoms with Crippen LogP contribution in [-0.2, 0) is 0 Å². The fourth-order valence-corrected chi connectivity index (χ4v) is 0.944. The molecular weight excluding hydrogens is 190 g/mol. The van der Waals surface area contributed by atoms with Crippen LogP contribution in [0.15, 0.2) is 12.3 Å². The van der Waals surface area contributed by atoms with Gasteiger partial charge in [0.2, 0.25) is 0 Å². The molecule has 0 fully saturated rings. The van der Waals surface area contributed by atoms with Crippen molar-refractivity contribution in [2.24, 2.45) is 0 Å². The first-order valence-electron chi connectivity index (χ1n) is 3.44. The summed E-state index contributed by atoms with van der Waals surface area (Å²) < 4.78 is 0. The van der Waals surface area contributed by atoms with Gasteiger partial charge in [0.1, 0.15) is 0 Å². The molecule has 0 aliphatic rings. The van der Waals surface area contributed by atoms with Gasteiger partial charge in [-0.15, -0.1) is 0 Å². The molecule has 0 N–H and O–H groups in total. The monoisotopic (exact) mass is 193 g/mol. The average Bonchev–Trinajstić information content (AvgIpc) is 2.16. The van der Waals surface area contributed by atoms with Crippen molar-refractivity contribution >= 4 is 18.2 Å². The normalized spacial score (nSPS) is 9.43. The van der Waals surface area contributed by atoms with Crippen molar-refractivity contribution < 1.29 is 24.6 Å². The Balaban J connectivity index is 3.51. The summed E-state index contributed by atoms with van der Waals surface area (Å²) in [6.45, 7) is 0. The van der Waals surface area contributed by atoms with Gasteiger partial charge in [0.15, 0.2) is 6.29 Å². The standard InChI is InChI=1S/C8H5NO5/c10-3-4-1-2-9-6(8(13)14)5(4)7(11)12/h1-3H,(H,11,12)(H,13,14)/p-2. The molecule has 1 aromatic heterocycles. The highest BCUT2D eigenvalue weighted by Gasteiger charge is 2.10. The van der Waals surface area contributed by atoms with Crippen molar-refractivity contribution in [3.8, 4) is 0 Å². The van der Waals surface area contributed by atoms with Crippen LogP contribution in [0.25, 0.3) is 0 Å². The van der Waals surface area contributed by atoms with Crippen LogP contribution in [0.2, 0.25) is 0 Å². The Kier molecular flexibility index (Phi) is 2.57. The number of nitrogens with zero attached hydrogens (tertiary/aromatic N) is 1. The minimum atomic E-state index is -1.78.